The van der Waals surface area contributed by atoms with Crippen molar-refractivity contribution < 1.29 is 18.3 Å². The summed E-state index contributed by atoms with van der Waals surface area (Å²) >= 11 is 1.30. The number of carbonyl (C=O) groups is 1. The van der Waals surface area contributed by atoms with E-state index in [0.717, 1.165) is 35.2 Å². The molecule has 0 bridgehead atoms. The molecule has 2 aromatic rings. The molecule has 2 unspecified atom stereocenters. The Hall–Kier alpha value is -1.86. The molecule has 2 aromatic carbocycles. The van der Waals surface area contributed by atoms with Crippen LogP contribution >= 0.6 is 20.3 Å². The molecule has 0 fully saturated rings. The number of thioether (sulfide) groups is 1. The number of carbonyl (C=O) groups excluding carboxylic acids is 1. The molecule has 4 rings (SSSR count). The fraction of sp³-hybridized carbons (Fsp3) is 0.333. The number of nitrogens with zero attached hydrogens (tertiary/aromatic N) is 2. The second-order valence-electron chi connectivity index (χ2n) is 7.17. The van der Waals surface area contributed by atoms with Gasteiger partial charge in [-0.15, -0.1) is 0 Å². The Bertz CT molecular complexity index is 1010. The number of hydrazone groups is 1. The van der Waals surface area contributed by atoms with Crippen LogP contribution in [0.4, 0.5) is 8.78 Å². The van der Waals surface area contributed by atoms with Crippen molar-refractivity contribution in [3.05, 3.63) is 65.2 Å². The standard InChI is InChI=1S/C21H22F2N3O2PS/c1-28-11-19(27)26-21(30-20(25-26)15-10-14(22)6-7-17(15)23)13(8-9-24)12-29-18-5-3-2-4-16(18)21/h2-7,10,13,29H,8-9,11-12,24H2,1H3/t13?,21-/m0/s1. The van der Waals surface area contributed by atoms with Gasteiger partial charge in [-0.25, -0.2) is 13.8 Å². The van der Waals surface area contributed by atoms with Crippen LogP contribution in [0.5, 0.6) is 0 Å². The predicted octanol–water partition coefficient (Wildman–Crippen LogP) is 2.98. The van der Waals surface area contributed by atoms with E-state index in [2.05, 4.69) is 11.2 Å². The van der Waals surface area contributed by atoms with Crippen LogP contribution in [0.3, 0.4) is 0 Å². The van der Waals surface area contributed by atoms with E-state index >= 15 is 0 Å². The number of fused-ring (bicyclic) bond motifs is 2. The van der Waals surface area contributed by atoms with Crippen LogP contribution in [0.2, 0.25) is 0 Å². The maximum absolute atomic E-state index is 14.6. The number of hydrogen-bond donors (Lipinski definition) is 1. The third kappa shape index (κ3) is 3.56. The number of methoxy groups -OCH3 is 1. The van der Waals surface area contributed by atoms with Gasteiger partial charge in [-0.2, -0.15) is 5.10 Å². The lowest BCUT2D eigenvalue weighted by molar-refractivity contribution is -0.140. The van der Waals surface area contributed by atoms with E-state index in [1.165, 1.54) is 23.9 Å². The first-order valence-electron chi connectivity index (χ1n) is 9.59. The number of halogens is 2. The molecule has 2 aliphatic heterocycles. The van der Waals surface area contributed by atoms with E-state index in [1.807, 2.05) is 18.2 Å². The quantitative estimate of drug-likeness (QED) is 0.713. The van der Waals surface area contributed by atoms with Crippen LogP contribution in [0.25, 0.3) is 0 Å². The Morgan fingerprint density at radius 1 is 1.37 bits per heavy atom. The summed E-state index contributed by atoms with van der Waals surface area (Å²) in [6, 6.07) is 11.2. The predicted molar refractivity (Wildman–Crippen MR) is 117 cm³/mol. The van der Waals surface area contributed by atoms with Crippen molar-refractivity contribution in [1.82, 2.24) is 5.01 Å². The van der Waals surface area contributed by atoms with E-state index in [0.29, 0.717) is 21.5 Å². The van der Waals surface area contributed by atoms with Crippen LogP contribution in [0.1, 0.15) is 17.5 Å². The topological polar surface area (TPSA) is 67.9 Å². The molecule has 30 heavy (non-hydrogen) atoms. The van der Waals surface area contributed by atoms with Crippen molar-refractivity contribution in [2.24, 2.45) is 16.8 Å². The van der Waals surface area contributed by atoms with Gasteiger partial charge >= 0.3 is 0 Å². The van der Waals surface area contributed by atoms with Crippen molar-refractivity contribution in [3.63, 3.8) is 0 Å². The summed E-state index contributed by atoms with van der Waals surface area (Å²) in [4.78, 5) is 12.2. The van der Waals surface area contributed by atoms with E-state index in [4.69, 9.17) is 10.5 Å². The van der Waals surface area contributed by atoms with Crippen LogP contribution in [-0.4, -0.2) is 42.4 Å². The lowest BCUT2D eigenvalue weighted by Gasteiger charge is -2.45. The van der Waals surface area contributed by atoms with Gasteiger partial charge in [0.25, 0.3) is 5.91 Å². The Labute approximate surface area is 179 Å². The fourth-order valence-corrected chi connectivity index (χ4v) is 7.49. The molecule has 2 heterocycles. The summed E-state index contributed by atoms with van der Waals surface area (Å²) in [6.45, 7) is 0.292. The van der Waals surface area contributed by atoms with E-state index in [1.54, 1.807) is 0 Å². The summed E-state index contributed by atoms with van der Waals surface area (Å²) in [6.07, 6.45) is 1.52. The smallest absolute Gasteiger partial charge is 0.270 e. The van der Waals surface area contributed by atoms with Gasteiger partial charge in [-0.05, 0) is 48.2 Å². The number of ether oxygens (including phenoxy) is 1. The largest absolute Gasteiger partial charge is 0.375 e. The average Bonchev–Trinajstić information content (AvgIpc) is 3.13. The Kier molecular flexibility index (Phi) is 6.21. The molecule has 3 atom stereocenters. The Morgan fingerprint density at radius 2 is 2.17 bits per heavy atom. The normalized spacial score (nSPS) is 23.7. The molecule has 1 spiro atoms. The van der Waals surface area contributed by atoms with Gasteiger partial charge in [0, 0.05) is 18.6 Å². The van der Waals surface area contributed by atoms with E-state index in [9.17, 15) is 13.6 Å². The van der Waals surface area contributed by atoms with Gasteiger partial charge in [-0.3, -0.25) is 4.79 Å². The number of hydrogen-bond acceptors (Lipinski definition) is 5. The van der Waals surface area contributed by atoms with Crippen molar-refractivity contribution in [2.45, 2.75) is 11.3 Å². The van der Waals surface area contributed by atoms with Crippen LogP contribution < -0.4 is 11.0 Å². The lowest BCUT2D eigenvalue weighted by atomic mass is 9.89. The molecule has 9 heteroatoms. The van der Waals surface area contributed by atoms with Gasteiger partial charge in [0.15, 0.2) is 0 Å². The van der Waals surface area contributed by atoms with Gasteiger partial charge in [-0.1, -0.05) is 44.6 Å². The van der Waals surface area contributed by atoms with E-state index < -0.39 is 16.5 Å². The maximum atomic E-state index is 14.6. The van der Waals surface area contributed by atoms with Crippen molar-refractivity contribution in [3.8, 4) is 0 Å². The first-order chi connectivity index (χ1) is 14.5. The summed E-state index contributed by atoms with van der Waals surface area (Å²) in [5.74, 6) is -1.46. The molecule has 2 aliphatic rings. The summed E-state index contributed by atoms with van der Waals surface area (Å²) < 4.78 is 33.6. The Morgan fingerprint density at radius 3 is 2.93 bits per heavy atom. The molecular weight excluding hydrogens is 427 g/mol. The van der Waals surface area contributed by atoms with Crippen molar-refractivity contribution in [1.29, 1.82) is 0 Å². The highest BCUT2D eigenvalue weighted by atomic mass is 32.2. The number of nitrogens with two attached hydrogens (primary N) is 1. The minimum atomic E-state index is -0.870. The molecule has 1 amide bonds. The zero-order valence-electron chi connectivity index (χ0n) is 16.4. The monoisotopic (exact) mass is 449 g/mol. The second kappa shape index (κ2) is 8.71. The first-order valence-corrected chi connectivity index (χ1v) is 11.6. The minimum absolute atomic E-state index is 0.0133. The molecule has 0 aromatic heterocycles. The number of amides is 1. The molecule has 5 nitrogen and oxygen atoms in total. The molecule has 2 N–H and O–H groups in total. The van der Waals surface area contributed by atoms with Crippen LogP contribution in [0, 0.1) is 17.6 Å². The average molecular weight is 449 g/mol. The summed E-state index contributed by atoms with van der Waals surface area (Å²) in [5.41, 5.74) is 6.93. The number of rotatable bonds is 5. The van der Waals surface area contributed by atoms with Gasteiger partial charge in [0.2, 0.25) is 0 Å². The van der Waals surface area contributed by atoms with Crippen molar-refractivity contribution >= 4 is 36.6 Å². The van der Waals surface area contributed by atoms with Crippen molar-refractivity contribution in [2.75, 3.05) is 26.4 Å². The van der Waals surface area contributed by atoms with Gasteiger partial charge in [0.05, 0.1) is 0 Å². The molecular formula is C21H22F2N3O2PS. The molecule has 0 saturated heterocycles. The molecule has 0 radical (unpaired) electrons. The third-order valence-electron chi connectivity index (χ3n) is 5.34. The zero-order valence-corrected chi connectivity index (χ0v) is 18.2. The Balaban J connectivity index is 1.90. The minimum Gasteiger partial charge on any atom is -0.375 e. The van der Waals surface area contributed by atoms with E-state index in [-0.39, 0.29) is 29.0 Å². The van der Waals surface area contributed by atoms with Crippen LogP contribution in [-0.2, 0) is 14.4 Å². The highest BCUT2D eigenvalue weighted by Gasteiger charge is 2.55. The maximum Gasteiger partial charge on any atom is 0.270 e. The fourth-order valence-electron chi connectivity index (χ4n) is 4.04. The van der Waals surface area contributed by atoms with Gasteiger partial charge in [0.1, 0.15) is 28.2 Å². The molecule has 0 aliphatic carbocycles. The first kappa shape index (κ1) is 21.4. The highest BCUT2D eigenvalue weighted by molar-refractivity contribution is 8.15. The zero-order chi connectivity index (χ0) is 21.3. The molecule has 158 valence electrons. The third-order valence-corrected chi connectivity index (χ3v) is 8.39. The summed E-state index contributed by atoms with van der Waals surface area (Å²) in [5, 5.41) is 7.37. The highest BCUT2D eigenvalue weighted by Crippen LogP contribution is 2.56. The summed E-state index contributed by atoms with van der Waals surface area (Å²) in [7, 11) is 2.02. The SMILES string of the molecule is COCC(=O)N1N=C(c2cc(F)ccc2F)S[C@@]12c1ccccc1PCC2CCN. The van der Waals surface area contributed by atoms with Crippen LogP contribution in [0.15, 0.2) is 47.6 Å². The lowest BCUT2D eigenvalue weighted by Crippen LogP contribution is -2.52. The molecule has 0 saturated carbocycles. The van der Waals surface area contributed by atoms with Gasteiger partial charge < -0.3 is 10.5 Å². The number of benzene rings is 2. The second-order valence-corrected chi connectivity index (χ2v) is 9.68.